The number of benzene rings is 2. The van der Waals surface area contributed by atoms with Crippen LogP contribution in [-0.4, -0.2) is 38.0 Å². The maximum atomic E-state index is 12.7. The van der Waals surface area contributed by atoms with Gasteiger partial charge in [0.1, 0.15) is 11.4 Å². The molecular formula is C20H24ClNO4. The zero-order valence-electron chi connectivity index (χ0n) is 15.5. The molecule has 3 rings (SSSR count). The van der Waals surface area contributed by atoms with Gasteiger partial charge in [-0.25, -0.2) is 4.79 Å². The maximum absolute atomic E-state index is 12.7. The average molecular weight is 378 g/mol. The molecule has 0 unspecified atom stereocenters. The van der Waals surface area contributed by atoms with Crippen molar-refractivity contribution in [3.8, 4) is 5.75 Å². The summed E-state index contributed by atoms with van der Waals surface area (Å²) in [5.74, 6) is 1.07. The van der Waals surface area contributed by atoms with Gasteiger partial charge in [0.05, 0.1) is 5.69 Å². The Morgan fingerprint density at radius 2 is 2.04 bits per heavy atom. The first-order chi connectivity index (χ1) is 12.4. The van der Waals surface area contributed by atoms with Crippen molar-refractivity contribution in [1.29, 1.82) is 0 Å². The molecule has 0 aromatic heterocycles. The van der Waals surface area contributed by atoms with Crippen LogP contribution in [0.1, 0.15) is 32.3 Å². The summed E-state index contributed by atoms with van der Waals surface area (Å²) >= 11 is 6.23. The molecule has 6 heteroatoms. The molecule has 1 heterocycles. The van der Waals surface area contributed by atoms with Crippen molar-refractivity contribution < 1.29 is 19.0 Å². The number of hydrogen-bond acceptors (Lipinski definition) is 4. The van der Waals surface area contributed by atoms with Crippen LogP contribution in [0.15, 0.2) is 30.3 Å². The lowest BCUT2D eigenvalue weighted by molar-refractivity contribution is 0.0515. The highest BCUT2D eigenvalue weighted by molar-refractivity contribution is 6.19. The second kappa shape index (κ2) is 7.33. The predicted octanol–water partition coefficient (Wildman–Crippen LogP) is 4.90. The van der Waals surface area contributed by atoms with E-state index in [1.165, 1.54) is 0 Å². The lowest BCUT2D eigenvalue weighted by Gasteiger charge is -2.25. The first kappa shape index (κ1) is 18.8. The number of rotatable bonds is 4. The number of hydrogen-bond donors (Lipinski definition) is 0. The molecule has 0 aliphatic carbocycles. The summed E-state index contributed by atoms with van der Waals surface area (Å²) in [6.45, 7) is 6.16. The van der Waals surface area contributed by atoms with Gasteiger partial charge in [0.25, 0.3) is 0 Å². The Morgan fingerprint density at radius 1 is 1.31 bits per heavy atom. The van der Waals surface area contributed by atoms with Crippen LogP contribution in [-0.2, 0) is 9.47 Å². The molecule has 0 bridgehead atoms. The van der Waals surface area contributed by atoms with Crippen LogP contribution in [0.5, 0.6) is 5.75 Å². The number of halogens is 1. The number of carbonyl (C=O) groups is 1. The fourth-order valence-electron chi connectivity index (χ4n) is 3.23. The summed E-state index contributed by atoms with van der Waals surface area (Å²) in [6.07, 6.45) is -0.376. The lowest BCUT2D eigenvalue weighted by Crippen LogP contribution is -2.36. The van der Waals surface area contributed by atoms with E-state index in [9.17, 15) is 4.79 Å². The smallest absolute Gasteiger partial charge is 0.414 e. The minimum Gasteiger partial charge on any atom is -0.467 e. The minimum atomic E-state index is -0.567. The lowest BCUT2D eigenvalue weighted by atomic mass is 9.97. The highest BCUT2D eigenvalue weighted by atomic mass is 35.5. The van der Waals surface area contributed by atoms with Crippen molar-refractivity contribution in [1.82, 2.24) is 0 Å². The van der Waals surface area contributed by atoms with E-state index < -0.39 is 5.60 Å². The van der Waals surface area contributed by atoms with Crippen LogP contribution < -0.4 is 9.64 Å². The number of anilines is 1. The number of amides is 1. The number of alkyl halides is 1. The van der Waals surface area contributed by atoms with Gasteiger partial charge < -0.3 is 14.2 Å². The molecule has 0 radical (unpaired) electrons. The van der Waals surface area contributed by atoms with Gasteiger partial charge in [0, 0.05) is 36.4 Å². The third-order valence-electron chi connectivity index (χ3n) is 4.24. The van der Waals surface area contributed by atoms with Crippen LogP contribution >= 0.6 is 11.6 Å². The monoisotopic (exact) mass is 377 g/mol. The molecule has 0 fully saturated rings. The van der Waals surface area contributed by atoms with Gasteiger partial charge >= 0.3 is 6.09 Å². The summed E-state index contributed by atoms with van der Waals surface area (Å²) in [7, 11) is 1.58. The fraction of sp³-hybridized carbons (Fsp3) is 0.450. The molecule has 0 N–H and O–H groups in total. The number of fused-ring (bicyclic) bond motifs is 2. The van der Waals surface area contributed by atoms with Gasteiger partial charge in [-0.1, -0.05) is 24.3 Å². The summed E-state index contributed by atoms with van der Waals surface area (Å²) in [4.78, 5) is 14.4. The van der Waals surface area contributed by atoms with Crippen molar-refractivity contribution in [2.75, 3.05) is 31.2 Å². The third kappa shape index (κ3) is 3.60. The molecule has 2 aromatic rings. The summed E-state index contributed by atoms with van der Waals surface area (Å²) in [5.41, 5.74) is 1.15. The second-order valence-corrected chi connectivity index (χ2v) is 7.66. The van der Waals surface area contributed by atoms with Gasteiger partial charge in [0.2, 0.25) is 0 Å². The van der Waals surface area contributed by atoms with E-state index in [4.69, 9.17) is 25.8 Å². The van der Waals surface area contributed by atoms with Gasteiger partial charge in [-0.05, 0) is 32.2 Å². The molecule has 0 spiro atoms. The minimum absolute atomic E-state index is 0.0318. The van der Waals surface area contributed by atoms with Crippen LogP contribution in [0.2, 0.25) is 0 Å². The van der Waals surface area contributed by atoms with Gasteiger partial charge in [-0.3, -0.25) is 4.90 Å². The Labute approximate surface area is 158 Å². The Morgan fingerprint density at radius 3 is 2.69 bits per heavy atom. The quantitative estimate of drug-likeness (QED) is 0.561. The molecule has 140 valence electrons. The predicted molar refractivity (Wildman–Crippen MR) is 103 cm³/mol. The van der Waals surface area contributed by atoms with E-state index in [2.05, 4.69) is 0 Å². The van der Waals surface area contributed by atoms with E-state index in [-0.39, 0.29) is 18.8 Å². The molecule has 1 aliphatic heterocycles. The van der Waals surface area contributed by atoms with Gasteiger partial charge in [-0.15, -0.1) is 11.6 Å². The normalized spacial score (nSPS) is 16.7. The van der Waals surface area contributed by atoms with E-state index in [0.717, 1.165) is 27.8 Å². The topological polar surface area (TPSA) is 48.0 Å². The molecule has 2 aromatic carbocycles. The van der Waals surface area contributed by atoms with Crippen LogP contribution in [0.3, 0.4) is 0 Å². The molecule has 1 amide bonds. The molecular weight excluding hydrogens is 354 g/mol. The maximum Gasteiger partial charge on any atom is 0.414 e. The summed E-state index contributed by atoms with van der Waals surface area (Å²) in [6, 6.07) is 9.92. The molecule has 0 saturated carbocycles. The first-order valence-corrected chi connectivity index (χ1v) is 9.13. The summed E-state index contributed by atoms with van der Waals surface area (Å²) in [5, 5.41) is 1.96. The van der Waals surface area contributed by atoms with Crippen molar-refractivity contribution in [2.24, 2.45) is 0 Å². The SMILES string of the molecule is COCOc1c2c(cc3ccccc13)N(C(=O)OC(C)(C)C)C[C@@H]2CCl. The molecule has 1 aliphatic rings. The van der Waals surface area contributed by atoms with Crippen molar-refractivity contribution in [3.63, 3.8) is 0 Å². The molecule has 26 heavy (non-hydrogen) atoms. The standard InChI is InChI=1S/C20H24ClNO4/c1-20(2,3)26-19(23)22-11-14(10-21)17-16(22)9-13-7-5-6-8-15(13)18(17)25-12-24-4/h5-9,14H,10-12H2,1-4H3/t14-/m0/s1. The zero-order chi connectivity index (χ0) is 18.9. The Hall–Kier alpha value is -1.98. The number of nitrogens with zero attached hydrogens (tertiary/aromatic N) is 1. The number of methoxy groups -OCH3 is 1. The molecule has 5 nitrogen and oxygen atoms in total. The Kier molecular flexibility index (Phi) is 5.30. The van der Waals surface area contributed by atoms with Crippen molar-refractivity contribution in [3.05, 3.63) is 35.9 Å². The number of carbonyl (C=O) groups excluding carboxylic acids is 1. The second-order valence-electron chi connectivity index (χ2n) is 7.35. The number of ether oxygens (including phenoxy) is 3. The Bertz CT molecular complexity index is 815. The molecule has 0 saturated heterocycles. The van der Waals surface area contributed by atoms with E-state index in [1.807, 2.05) is 51.1 Å². The van der Waals surface area contributed by atoms with Gasteiger partial charge in [0.15, 0.2) is 6.79 Å². The highest BCUT2D eigenvalue weighted by Gasteiger charge is 2.37. The van der Waals surface area contributed by atoms with Crippen LogP contribution in [0.4, 0.5) is 10.5 Å². The van der Waals surface area contributed by atoms with E-state index in [1.54, 1.807) is 12.0 Å². The van der Waals surface area contributed by atoms with Crippen LogP contribution in [0.25, 0.3) is 10.8 Å². The largest absolute Gasteiger partial charge is 0.467 e. The molecule has 1 atom stereocenters. The fourth-order valence-corrected chi connectivity index (χ4v) is 3.49. The summed E-state index contributed by atoms with van der Waals surface area (Å²) < 4.78 is 16.6. The first-order valence-electron chi connectivity index (χ1n) is 8.59. The van der Waals surface area contributed by atoms with Gasteiger partial charge in [-0.2, -0.15) is 0 Å². The zero-order valence-corrected chi connectivity index (χ0v) is 16.3. The van der Waals surface area contributed by atoms with Crippen molar-refractivity contribution in [2.45, 2.75) is 32.3 Å². The van der Waals surface area contributed by atoms with Crippen LogP contribution in [0, 0.1) is 0 Å². The Balaban J connectivity index is 2.14. The average Bonchev–Trinajstić information content (AvgIpc) is 2.95. The highest BCUT2D eigenvalue weighted by Crippen LogP contribution is 2.47. The van der Waals surface area contributed by atoms with Crippen molar-refractivity contribution >= 4 is 34.2 Å². The third-order valence-corrected chi connectivity index (χ3v) is 4.61. The van der Waals surface area contributed by atoms with E-state index >= 15 is 0 Å². The van der Waals surface area contributed by atoms with E-state index in [0.29, 0.717) is 12.4 Å².